The fraction of sp³-hybridized carbons (Fsp3) is 0.562. The van der Waals surface area contributed by atoms with E-state index < -0.39 is 0 Å². The van der Waals surface area contributed by atoms with Gasteiger partial charge in [0.2, 0.25) is 0 Å². The molecule has 6 heteroatoms. The van der Waals surface area contributed by atoms with Gasteiger partial charge in [-0.1, -0.05) is 18.2 Å². The average molecular weight is 418 g/mol. The summed E-state index contributed by atoms with van der Waals surface area (Å²) in [5.74, 6) is 0.872. The molecule has 1 saturated heterocycles. The Morgan fingerprint density at radius 3 is 2.41 bits per heavy atom. The summed E-state index contributed by atoms with van der Waals surface area (Å²) in [4.78, 5) is 7.05. The Bertz CT molecular complexity index is 453. The second-order valence-electron chi connectivity index (χ2n) is 4.95. The molecule has 0 bridgehead atoms. The first-order valence-electron chi connectivity index (χ1n) is 7.78. The average Bonchev–Trinajstić information content (AvgIpc) is 2.54. The van der Waals surface area contributed by atoms with Crippen LogP contribution in [0, 0.1) is 0 Å². The lowest BCUT2D eigenvalue weighted by molar-refractivity contribution is 0.122. The maximum atomic E-state index is 5.43. The van der Waals surface area contributed by atoms with Crippen molar-refractivity contribution in [1.29, 1.82) is 0 Å². The molecule has 2 rings (SSSR count). The molecule has 0 aliphatic carbocycles. The fourth-order valence-corrected chi connectivity index (χ4v) is 2.43. The van der Waals surface area contributed by atoms with Crippen LogP contribution in [-0.4, -0.2) is 45.4 Å². The third-order valence-electron chi connectivity index (χ3n) is 3.44. The van der Waals surface area contributed by atoms with Gasteiger partial charge in [0.1, 0.15) is 0 Å². The first-order chi connectivity index (χ1) is 10.3. The lowest BCUT2D eigenvalue weighted by Gasteiger charge is -2.30. The van der Waals surface area contributed by atoms with Crippen molar-refractivity contribution in [2.24, 2.45) is 4.99 Å². The molecule has 0 spiro atoms. The van der Waals surface area contributed by atoms with Crippen LogP contribution in [-0.2, 0) is 11.3 Å². The van der Waals surface area contributed by atoms with E-state index in [4.69, 9.17) is 4.74 Å². The highest BCUT2D eigenvalue weighted by Crippen LogP contribution is 2.22. The van der Waals surface area contributed by atoms with Crippen molar-refractivity contribution in [2.45, 2.75) is 20.4 Å². The summed E-state index contributed by atoms with van der Waals surface area (Å²) in [7, 11) is 0. The molecule has 0 atom stereocenters. The number of para-hydroxylation sites is 1. The highest BCUT2D eigenvalue weighted by atomic mass is 127. The summed E-state index contributed by atoms with van der Waals surface area (Å²) in [6.07, 6.45) is 0. The van der Waals surface area contributed by atoms with Crippen LogP contribution < -0.4 is 15.5 Å². The smallest absolute Gasteiger partial charge is 0.191 e. The molecule has 0 aromatic heterocycles. The van der Waals surface area contributed by atoms with Crippen molar-refractivity contribution in [1.82, 2.24) is 10.6 Å². The van der Waals surface area contributed by atoms with Gasteiger partial charge in [-0.3, -0.25) is 0 Å². The third kappa shape index (κ3) is 5.64. The minimum absolute atomic E-state index is 0. The maximum Gasteiger partial charge on any atom is 0.191 e. The Morgan fingerprint density at radius 1 is 1.14 bits per heavy atom. The van der Waals surface area contributed by atoms with E-state index in [2.05, 4.69) is 58.6 Å². The van der Waals surface area contributed by atoms with Crippen LogP contribution in [0.5, 0.6) is 0 Å². The number of benzene rings is 1. The van der Waals surface area contributed by atoms with E-state index in [0.29, 0.717) is 6.54 Å². The lowest BCUT2D eigenvalue weighted by Crippen LogP contribution is -2.37. The van der Waals surface area contributed by atoms with Crippen LogP contribution in [0.1, 0.15) is 19.4 Å². The molecule has 0 saturated carbocycles. The highest BCUT2D eigenvalue weighted by Gasteiger charge is 2.14. The molecule has 0 unspecified atom stereocenters. The van der Waals surface area contributed by atoms with E-state index in [1.54, 1.807) is 0 Å². The van der Waals surface area contributed by atoms with E-state index >= 15 is 0 Å². The van der Waals surface area contributed by atoms with Gasteiger partial charge in [-0.2, -0.15) is 0 Å². The summed E-state index contributed by atoms with van der Waals surface area (Å²) in [6, 6.07) is 8.50. The largest absolute Gasteiger partial charge is 0.378 e. The molecule has 0 amide bonds. The van der Waals surface area contributed by atoms with Crippen molar-refractivity contribution in [2.75, 3.05) is 44.3 Å². The van der Waals surface area contributed by atoms with Crippen molar-refractivity contribution < 1.29 is 4.74 Å². The first-order valence-corrected chi connectivity index (χ1v) is 7.78. The molecule has 1 aliphatic heterocycles. The minimum Gasteiger partial charge on any atom is -0.378 e. The van der Waals surface area contributed by atoms with Crippen molar-refractivity contribution in [3.05, 3.63) is 29.8 Å². The monoisotopic (exact) mass is 418 g/mol. The van der Waals surface area contributed by atoms with Crippen molar-refractivity contribution in [3.63, 3.8) is 0 Å². The molecule has 2 N–H and O–H groups in total. The van der Waals surface area contributed by atoms with E-state index in [-0.39, 0.29) is 24.0 Å². The molecular weight excluding hydrogens is 391 g/mol. The molecule has 124 valence electrons. The molecule has 1 heterocycles. The van der Waals surface area contributed by atoms with Crippen molar-refractivity contribution in [3.8, 4) is 0 Å². The Kier molecular flexibility index (Phi) is 9.22. The van der Waals surface area contributed by atoms with E-state index in [9.17, 15) is 0 Å². The second kappa shape index (κ2) is 10.7. The van der Waals surface area contributed by atoms with Crippen LogP contribution in [0.25, 0.3) is 0 Å². The highest BCUT2D eigenvalue weighted by molar-refractivity contribution is 14.0. The van der Waals surface area contributed by atoms with Gasteiger partial charge in [0.05, 0.1) is 19.8 Å². The van der Waals surface area contributed by atoms with Crippen LogP contribution in [0.3, 0.4) is 0 Å². The molecule has 1 aliphatic rings. The van der Waals surface area contributed by atoms with Gasteiger partial charge < -0.3 is 20.3 Å². The van der Waals surface area contributed by atoms with E-state index in [0.717, 1.165) is 45.4 Å². The Hall–Kier alpha value is -1.02. The molecule has 1 fully saturated rings. The predicted octanol–water partition coefficient (Wildman–Crippen LogP) is 2.22. The zero-order valence-electron chi connectivity index (χ0n) is 13.5. The van der Waals surface area contributed by atoms with Crippen LogP contribution in [0.4, 0.5) is 5.69 Å². The normalized spacial score (nSPS) is 14.0. The standard InChI is InChI=1S/C16H26N4O.HI/c1-3-17-16(18-4-2)19-13-14-7-5-6-8-15(14)20-9-11-21-12-10-20;/h5-8H,3-4,9-13H2,1-2H3,(H2,17,18,19);1H. The first kappa shape index (κ1) is 19.0. The molecular formula is C16H27IN4O. The summed E-state index contributed by atoms with van der Waals surface area (Å²) >= 11 is 0. The quantitative estimate of drug-likeness (QED) is 0.438. The van der Waals surface area contributed by atoms with Gasteiger partial charge in [0.15, 0.2) is 5.96 Å². The van der Waals surface area contributed by atoms with Gasteiger partial charge in [0.25, 0.3) is 0 Å². The van der Waals surface area contributed by atoms with Gasteiger partial charge in [-0.15, -0.1) is 24.0 Å². The third-order valence-corrected chi connectivity index (χ3v) is 3.44. The second-order valence-corrected chi connectivity index (χ2v) is 4.95. The number of guanidine groups is 1. The number of nitrogens with one attached hydrogen (secondary N) is 2. The number of nitrogens with zero attached hydrogens (tertiary/aromatic N) is 2. The summed E-state index contributed by atoms with van der Waals surface area (Å²) in [5, 5.41) is 6.52. The van der Waals surface area contributed by atoms with Gasteiger partial charge in [0, 0.05) is 31.9 Å². The Labute approximate surface area is 150 Å². The zero-order chi connectivity index (χ0) is 14.9. The van der Waals surface area contributed by atoms with Crippen LogP contribution in [0.2, 0.25) is 0 Å². The molecule has 1 aromatic carbocycles. The Morgan fingerprint density at radius 2 is 1.77 bits per heavy atom. The number of morpholine rings is 1. The molecule has 1 aromatic rings. The van der Waals surface area contributed by atoms with E-state index in [1.165, 1.54) is 11.3 Å². The number of aliphatic imine (C=N–C) groups is 1. The molecule has 22 heavy (non-hydrogen) atoms. The van der Waals surface area contributed by atoms with Gasteiger partial charge >= 0.3 is 0 Å². The minimum atomic E-state index is 0. The zero-order valence-corrected chi connectivity index (χ0v) is 15.8. The number of rotatable bonds is 5. The predicted molar refractivity (Wildman–Crippen MR) is 103 cm³/mol. The number of anilines is 1. The molecule has 5 nitrogen and oxygen atoms in total. The SMILES string of the molecule is CCNC(=NCc1ccccc1N1CCOCC1)NCC.I. The number of hydrogen-bond donors (Lipinski definition) is 2. The summed E-state index contributed by atoms with van der Waals surface area (Å²) in [5.41, 5.74) is 2.53. The van der Waals surface area contributed by atoms with Gasteiger partial charge in [-0.05, 0) is 25.5 Å². The fourth-order valence-electron chi connectivity index (χ4n) is 2.43. The van der Waals surface area contributed by atoms with Crippen molar-refractivity contribution >= 4 is 35.6 Å². The van der Waals surface area contributed by atoms with E-state index in [1.807, 2.05) is 0 Å². The summed E-state index contributed by atoms with van der Waals surface area (Å²) in [6.45, 7) is 10.1. The Balaban J connectivity index is 0.00000242. The summed E-state index contributed by atoms with van der Waals surface area (Å²) < 4.78 is 5.43. The van der Waals surface area contributed by atoms with Crippen LogP contribution >= 0.6 is 24.0 Å². The number of hydrogen-bond acceptors (Lipinski definition) is 3. The maximum absolute atomic E-state index is 5.43. The number of halogens is 1. The molecule has 0 radical (unpaired) electrons. The number of ether oxygens (including phenoxy) is 1. The topological polar surface area (TPSA) is 48.9 Å². The van der Waals surface area contributed by atoms with Crippen LogP contribution in [0.15, 0.2) is 29.3 Å². The van der Waals surface area contributed by atoms with Gasteiger partial charge in [-0.25, -0.2) is 4.99 Å². The lowest BCUT2D eigenvalue weighted by atomic mass is 10.1.